The largest absolute Gasteiger partial charge is 0.478 e. The van der Waals surface area contributed by atoms with E-state index in [1.807, 2.05) is 12.1 Å². The van der Waals surface area contributed by atoms with Crippen LogP contribution >= 0.6 is 0 Å². The molecule has 2 heterocycles. The van der Waals surface area contributed by atoms with Gasteiger partial charge in [-0.1, -0.05) is 26.0 Å². The lowest BCUT2D eigenvalue weighted by atomic mass is 9.96. The van der Waals surface area contributed by atoms with Gasteiger partial charge in [0, 0.05) is 18.1 Å². The first kappa shape index (κ1) is 13.4. The van der Waals surface area contributed by atoms with Crippen LogP contribution in [0.3, 0.4) is 0 Å². The van der Waals surface area contributed by atoms with Gasteiger partial charge in [0.25, 0.3) is 0 Å². The molecule has 5 heteroatoms. The number of benzene rings is 1. The van der Waals surface area contributed by atoms with Crippen molar-refractivity contribution >= 4 is 11.8 Å². The van der Waals surface area contributed by atoms with Crippen molar-refractivity contribution in [1.29, 1.82) is 0 Å². The van der Waals surface area contributed by atoms with Crippen molar-refractivity contribution in [3.63, 3.8) is 0 Å². The Bertz CT molecular complexity index is 739. The summed E-state index contributed by atoms with van der Waals surface area (Å²) in [5, 5.41) is 9.08. The van der Waals surface area contributed by atoms with Crippen LogP contribution in [0.5, 0.6) is 11.5 Å². The second kappa shape index (κ2) is 4.77. The number of ether oxygens (including phenoxy) is 1. The quantitative estimate of drug-likeness (QED) is 0.754. The van der Waals surface area contributed by atoms with Gasteiger partial charge in [-0.05, 0) is 17.5 Å². The molecule has 0 aliphatic carbocycles. The van der Waals surface area contributed by atoms with Crippen LogP contribution in [-0.2, 0) is 6.42 Å². The summed E-state index contributed by atoms with van der Waals surface area (Å²) in [6.45, 7) is 4.27. The molecule has 1 aromatic heterocycles. The van der Waals surface area contributed by atoms with E-state index in [1.165, 1.54) is 11.6 Å². The van der Waals surface area contributed by atoms with Crippen molar-refractivity contribution in [2.75, 3.05) is 5.73 Å². The Morgan fingerprint density at radius 3 is 2.76 bits per heavy atom. The van der Waals surface area contributed by atoms with Crippen LogP contribution in [0.25, 0.3) is 0 Å². The predicted molar refractivity (Wildman–Crippen MR) is 79.0 cm³/mol. The molecule has 1 aliphatic heterocycles. The molecule has 3 N–H and O–H groups in total. The van der Waals surface area contributed by atoms with Gasteiger partial charge in [0.2, 0.25) is 0 Å². The lowest BCUT2D eigenvalue weighted by Gasteiger charge is -2.21. The van der Waals surface area contributed by atoms with Gasteiger partial charge in [-0.2, -0.15) is 0 Å². The predicted octanol–water partition coefficient (Wildman–Crippen LogP) is 3.18. The van der Waals surface area contributed by atoms with Crippen LogP contribution in [0.4, 0.5) is 5.82 Å². The first-order valence-electron chi connectivity index (χ1n) is 6.79. The van der Waals surface area contributed by atoms with Gasteiger partial charge in [-0.15, -0.1) is 0 Å². The number of anilines is 1. The van der Waals surface area contributed by atoms with E-state index >= 15 is 0 Å². The summed E-state index contributed by atoms with van der Waals surface area (Å²) >= 11 is 0. The fourth-order valence-electron chi connectivity index (χ4n) is 2.43. The third-order valence-electron chi connectivity index (χ3n) is 3.65. The molecule has 0 saturated heterocycles. The van der Waals surface area contributed by atoms with E-state index in [2.05, 4.69) is 24.9 Å². The van der Waals surface area contributed by atoms with Crippen molar-refractivity contribution in [1.82, 2.24) is 4.98 Å². The number of hydrogen-bond donors (Lipinski definition) is 2. The molecule has 2 aromatic rings. The summed E-state index contributed by atoms with van der Waals surface area (Å²) in [6.07, 6.45) is 0.593. The number of rotatable bonds is 2. The van der Waals surface area contributed by atoms with Crippen LogP contribution in [-0.4, -0.2) is 16.1 Å². The Labute approximate surface area is 122 Å². The maximum Gasteiger partial charge on any atom is 0.339 e. The van der Waals surface area contributed by atoms with Crippen LogP contribution in [0.1, 0.15) is 46.9 Å². The van der Waals surface area contributed by atoms with Gasteiger partial charge in [-0.3, -0.25) is 0 Å². The fourth-order valence-corrected chi connectivity index (χ4v) is 2.43. The number of nitrogens with two attached hydrogens (primary N) is 1. The zero-order valence-electron chi connectivity index (χ0n) is 11.9. The molecule has 108 valence electrons. The van der Waals surface area contributed by atoms with Gasteiger partial charge < -0.3 is 15.6 Å². The molecule has 0 saturated carbocycles. The number of nitrogen functional groups attached to an aromatic ring is 1. The summed E-state index contributed by atoms with van der Waals surface area (Å²) in [5.74, 6) is 0.561. The van der Waals surface area contributed by atoms with Crippen LogP contribution in [0, 0.1) is 0 Å². The fraction of sp³-hybridized carbons (Fsp3) is 0.250. The summed E-state index contributed by atoms with van der Waals surface area (Å²) in [4.78, 5) is 15.3. The van der Waals surface area contributed by atoms with Crippen molar-refractivity contribution in [2.45, 2.75) is 26.2 Å². The SMILES string of the molecule is CC(C)c1ccc2c(c1)Cc1nc(N)c(C(=O)O)cc1O2. The second-order valence-electron chi connectivity index (χ2n) is 5.47. The van der Waals surface area contributed by atoms with Gasteiger partial charge in [0.15, 0.2) is 0 Å². The highest BCUT2D eigenvalue weighted by Gasteiger charge is 2.22. The van der Waals surface area contributed by atoms with E-state index in [4.69, 9.17) is 15.6 Å². The molecule has 1 aliphatic rings. The number of carboxylic acid groups (broad SMARTS) is 1. The summed E-state index contributed by atoms with van der Waals surface area (Å²) in [5.41, 5.74) is 8.61. The first-order valence-corrected chi connectivity index (χ1v) is 6.79. The topological polar surface area (TPSA) is 85.4 Å². The van der Waals surface area contributed by atoms with Gasteiger partial charge in [0.1, 0.15) is 22.9 Å². The number of fused-ring (bicyclic) bond motifs is 2. The molecule has 0 spiro atoms. The van der Waals surface area contributed by atoms with E-state index in [0.717, 1.165) is 11.3 Å². The van der Waals surface area contributed by atoms with Gasteiger partial charge in [-0.25, -0.2) is 9.78 Å². The standard InChI is InChI=1S/C16H16N2O3/c1-8(2)9-3-4-13-10(5-9)6-12-14(21-13)7-11(16(19)20)15(17)18-12/h3-5,7-8H,6H2,1-2H3,(H2,17,18)(H,19,20). The Kier molecular flexibility index (Phi) is 3.05. The Morgan fingerprint density at radius 2 is 2.10 bits per heavy atom. The maximum absolute atomic E-state index is 11.1. The van der Waals surface area contributed by atoms with Gasteiger partial charge in [0.05, 0.1) is 5.69 Å². The highest BCUT2D eigenvalue weighted by molar-refractivity contribution is 5.93. The Hall–Kier alpha value is -2.56. The molecule has 0 bridgehead atoms. The zero-order valence-corrected chi connectivity index (χ0v) is 11.9. The van der Waals surface area contributed by atoms with Crippen molar-refractivity contribution < 1.29 is 14.6 Å². The molecule has 3 rings (SSSR count). The Balaban J connectivity index is 2.04. The van der Waals surface area contributed by atoms with Crippen LogP contribution < -0.4 is 10.5 Å². The highest BCUT2D eigenvalue weighted by Crippen LogP contribution is 2.38. The number of carbonyl (C=O) groups is 1. The lowest BCUT2D eigenvalue weighted by Crippen LogP contribution is -2.11. The Morgan fingerprint density at radius 1 is 1.33 bits per heavy atom. The molecule has 5 nitrogen and oxygen atoms in total. The van der Waals surface area contributed by atoms with Crippen molar-refractivity contribution in [3.05, 3.63) is 46.6 Å². The van der Waals surface area contributed by atoms with Crippen molar-refractivity contribution in [3.8, 4) is 11.5 Å². The van der Waals surface area contributed by atoms with Crippen molar-refractivity contribution in [2.24, 2.45) is 0 Å². The lowest BCUT2D eigenvalue weighted by molar-refractivity contribution is 0.0697. The van der Waals surface area contributed by atoms with E-state index in [0.29, 0.717) is 23.8 Å². The van der Waals surface area contributed by atoms with E-state index in [1.54, 1.807) is 0 Å². The number of aromatic carboxylic acids is 1. The summed E-state index contributed by atoms with van der Waals surface area (Å²) in [7, 11) is 0. The highest BCUT2D eigenvalue weighted by atomic mass is 16.5. The molecule has 0 unspecified atom stereocenters. The molecular formula is C16H16N2O3. The number of hydrogen-bond acceptors (Lipinski definition) is 4. The second-order valence-corrected chi connectivity index (χ2v) is 5.47. The normalized spacial score (nSPS) is 12.5. The minimum absolute atomic E-state index is 0.0216. The average Bonchev–Trinajstić information content (AvgIpc) is 2.43. The third kappa shape index (κ3) is 2.31. The van der Waals surface area contributed by atoms with Crippen LogP contribution in [0.15, 0.2) is 24.3 Å². The number of aromatic nitrogens is 1. The molecule has 0 radical (unpaired) electrons. The minimum Gasteiger partial charge on any atom is -0.478 e. The monoisotopic (exact) mass is 284 g/mol. The number of nitrogens with zero attached hydrogens (tertiary/aromatic N) is 1. The average molecular weight is 284 g/mol. The molecule has 0 amide bonds. The summed E-state index contributed by atoms with van der Waals surface area (Å²) in [6, 6.07) is 7.49. The van der Waals surface area contributed by atoms with Gasteiger partial charge >= 0.3 is 5.97 Å². The smallest absolute Gasteiger partial charge is 0.339 e. The molecule has 1 aromatic carbocycles. The zero-order chi connectivity index (χ0) is 15.1. The van der Waals surface area contributed by atoms with E-state index in [-0.39, 0.29) is 11.4 Å². The maximum atomic E-state index is 11.1. The minimum atomic E-state index is -1.10. The molecule has 0 fully saturated rings. The van der Waals surface area contributed by atoms with Crippen LogP contribution in [0.2, 0.25) is 0 Å². The molecular weight excluding hydrogens is 268 g/mol. The van der Waals surface area contributed by atoms with E-state index in [9.17, 15) is 4.79 Å². The molecule has 21 heavy (non-hydrogen) atoms. The third-order valence-corrected chi connectivity index (χ3v) is 3.65. The number of carboxylic acids is 1. The summed E-state index contributed by atoms with van der Waals surface area (Å²) < 4.78 is 5.78. The first-order chi connectivity index (χ1) is 9.95. The number of pyridine rings is 1. The molecule has 0 atom stereocenters. The van der Waals surface area contributed by atoms with E-state index < -0.39 is 5.97 Å².